The Hall–Kier alpha value is -0.650. The van der Waals surface area contributed by atoms with Gasteiger partial charge < -0.3 is 9.64 Å². The van der Waals surface area contributed by atoms with Gasteiger partial charge in [0.1, 0.15) is 0 Å². The summed E-state index contributed by atoms with van der Waals surface area (Å²) < 4.78 is 5.25. The average molecular weight is 241 g/mol. The molecule has 2 heterocycles. The number of carbonyl (C=O) groups is 1. The van der Waals surface area contributed by atoms with Crippen LogP contribution in [-0.4, -0.2) is 61.3 Å². The van der Waals surface area contributed by atoms with E-state index in [9.17, 15) is 4.79 Å². The van der Waals surface area contributed by atoms with E-state index >= 15 is 0 Å². The number of morpholine rings is 1. The van der Waals surface area contributed by atoms with Crippen molar-refractivity contribution < 1.29 is 9.53 Å². The lowest BCUT2D eigenvalue weighted by molar-refractivity contribution is -0.138. The third-order valence-electron chi connectivity index (χ3n) is 3.43. The molecule has 1 atom stereocenters. The van der Waals surface area contributed by atoms with Gasteiger partial charge in [0.25, 0.3) is 0 Å². The molecule has 0 bridgehead atoms. The van der Waals surface area contributed by atoms with Gasteiger partial charge in [-0.05, 0) is 19.8 Å². The predicted molar refractivity (Wildman–Crippen MR) is 65.4 cm³/mol. The molecular weight excluding hydrogens is 218 g/mol. The van der Waals surface area contributed by atoms with E-state index in [1.54, 1.807) is 0 Å². The van der Waals surface area contributed by atoms with E-state index in [0.717, 1.165) is 26.2 Å². The second-order valence-corrected chi connectivity index (χ2v) is 4.84. The highest BCUT2D eigenvalue weighted by Crippen LogP contribution is 2.07. The predicted octanol–water partition coefficient (Wildman–Crippen LogP) is 0.224. The van der Waals surface area contributed by atoms with Gasteiger partial charge in [0.2, 0.25) is 5.91 Å². The van der Waals surface area contributed by atoms with Crippen molar-refractivity contribution in [1.82, 2.24) is 15.3 Å². The Balaban J connectivity index is 1.77. The number of carbonyl (C=O) groups excluding carboxylic acids is 1. The smallest absolute Gasteiger partial charge is 0.240 e. The molecule has 0 radical (unpaired) electrons. The normalized spacial score (nSPS) is 24.6. The van der Waals surface area contributed by atoms with Crippen LogP contribution in [0.15, 0.2) is 0 Å². The molecule has 0 spiro atoms. The molecule has 1 unspecified atom stereocenters. The molecule has 0 aliphatic carbocycles. The van der Waals surface area contributed by atoms with Crippen LogP contribution in [-0.2, 0) is 9.53 Å². The molecule has 1 amide bonds. The number of piperidine rings is 1. The second-order valence-electron chi connectivity index (χ2n) is 4.84. The molecule has 17 heavy (non-hydrogen) atoms. The molecule has 0 saturated carbocycles. The van der Waals surface area contributed by atoms with E-state index in [1.165, 1.54) is 19.3 Å². The largest absolute Gasteiger partial charge is 0.378 e. The summed E-state index contributed by atoms with van der Waals surface area (Å²) in [7, 11) is 0. The molecule has 2 saturated heterocycles. The minimum atomic E-state index is -0.119. The van der Waals surface area contributed by atoms with Crippen molar-refractivity contribution in [2.45, 2.75) is 32.2 Å². The van der Waals surface area contributed by atoms with E-state index in [1.807, 2.05) is 11.8 Å². The molecule has 2 fully saturated rings. The molecule has 0 aromatic carbocycles. The maximum atomic E-state index is 12.2. The maximum Gasteiger partial charge on any atom is 0.240 e. The third-order valence-corrected chi connectivity index (χ3v) is 3.43. The van der Waals surface area contributed by atoms with Crippen LogP contribution < -0.4 is 5.43 Å². The van der Waals surface area contributed by atoms with Crippen LogP contribution in [0.4, 0.5) is 0 Å². The Morgan fingerprint density at radius 2 is 1.76 bits per heavy atom. The van der Waals surface area contributed by atoms with Crippen LogP contribution in [0.1, 0.15) is 26.2 Å². The lowest BCUT2D eigenvalue weighted by atomic mass is 10.2. The van der Waals surface area contributed by atoms with Gasteiger partial charge >= 0.3 is 0 Å². The first-order valence-electron chi connectivity index (χ1n) is 6.65. The zero-order valence-electron chi connectivity index (χ0n) is 10.7. The van der Waals surface area contributed by atoms with Crippen LogP contribution in [0, 0.1) is 0 Å². The molecule has 0 aromatic heterocycles. The lowest BCUT2D eigenvalue weighted by Gasteiger charge is -2.33. The highest BCUT2D eigenvalue weighted by atomic mass is 16.5. The molecule has 5 nitrogen and oxygen atoms in total. The highest BCUT2D eigenvalue weighted by Gasteiger charge is 2.24. The number of hydrogen-bond donors (Lipinski definition) is 1. The van der Waals surface area contributed by atoms with Crippen molar-refractivity contribution in [1.29, 1.82) is 0 Å². The number of hydrogen-bond acceptors (Lipinski definition) is 4. The Labute approximate surface area is 103 Å². The van der Waals surface area contributed by atoms with E-state index in [-0.39, 0.29) is 11.9 Å². The maximum absolute atomic E-state index is 12.2. The fourth-order valence-corrected chi connectivity index (χ4v) is 2.41. The van der Waals surface area contributed by atoms with Gasteiger partial charge in [0.15, 0.2) is 0 Å². The van der Waals surface area contributed by atoms with Crippen LogP contribution >= 0.6 is 0 Å². The first-order valence-corrected chi connectivity index (χ1v) is 6.65. The van der Waals surface area contributed by atoms with Crippen LogP contribution in [0.25, 0.3) is 0 Å². The average Bonchev–Trinajstić information content (AvgIpc) is 2.40. The summed E-state index contributed by atoms with van der Waals surface area (Å²) in [6.45, 7) is 6.86. The zero-order valence-corrected chi connectivity index (χ0v) is 10.7. The summed E-state index contributed by atoms with van der Waals surface area (Å²) in [6.07, 6.45) is 3.76. The van der Waals surface area contributed by atoms with Crippen LogP contribution in [0.5, 0.6) is 0 Å². The van der Waals surface area contributed by atoms with E-state index in [4.69, 9.17) is 4.74 Å². The Kier molecular flexibility index (Phi) is 4.76. The van der Waals surface area contributed by atoms with E-state index < -0.39 is 0 Å². The summed E-state index contributed by atoms with van der Waals surface area (Å²) >= 11 is 0. The fourth-order valence-electron chi connectivity index (χ4n) is 2.41. The van der Waals surface area contributed by atoms with E-state index in [2.05, 4.69) is 10.4 Å². The number of hydrazine groups is 1. The summed E-state index contributed by atoms with van der Waals surface area (Å²) in [6, 6.07) is -0.119. The second kappa shape index (κ2) is 6.33. The van der Waals surface area contributed by atoms with Crippen molar-refractivity contribution in [3.05, 3.63) is 0 Å². The standard InChI is InChI=1S/C12H23N3O2/c1-11(13-15-5-3-2-4-6-15)12(16)14-7-9-17-10-8-14/h11,13H,2-10H2,1H3. The van der Waals surface area contributed by atoms with Gasteiger partial charge in [-0.15, -0.1) is 0 Å². The summed E-state index contributed by atoms with van der Waals surface area (Å²) in [5.41, 5.74) is 3.32. The first-order chi connectivity index (χ1) is 8.27. The summed E-state index contributed by atoms with van der Waals surface area (Å²) in [4.78, 5) is 14.0. The monoisotopic (exact) mass is 241 g/mol. The number of rotatable bonds is 3. The Bertz CT molecular complexity index is 248. The van der Waals surface area contributed by atoms with Crippen LogP contribution in [0.3, 0.4) is 0 Å². The number of ether oxygens (including phenoxy) is 1. The van der Waals surface area contributed by atoms with Crippen molar-refractivity contribution in [2.75, 3.05) is 39.4 Å². The van der Waals surface area contributed by atoms with Gasteiger partial charge in [-0.2, -0.15) is 0 Å². The molecule has 1 N–H and O–H groups in total. The fraction of sp³-hybridized carbons (Fsp3) is 0.917. The molecule has 5 heteroatoms. The number of nitrogens with one attached hydrogen (secondary N) is 1. The minimum Gasteiger partial charge on any atom is -0.378 e. The topological polar surface area (TPSA) is 44.8 Å². The highest BCUT2D eigenvalue weighted by molar-refractivity contribution is 5.81. The van der Waals surface area contributed by atoms with Crippen molar-refractivity contribution in [3.8, 4) is 0 Å². The molecular formula is C12H23N3O2. The van der Waals surface area contributed by atoms with Crippen LogP contribution in [0.2, 0.25) is 0 Å². The molecule has 2 rings (SSSR count). The van der Waals surface area contributed by atoms with Gasteiger partial charge in [-0.3, -0.25) is 4.79 Å². The van der Waals surface area contributed by atoms with Gasteiger partial charge in [-0.1, -0.05) is 6.42 Å². The molecule has 2 aliphatic heterocycles. The molecule has 0 aromatic rings. The summed E-state index contributed by atoms with van der Waals surface area (Å²) in [5.74, 6) is 0.193. The van der Waals surface area contributed by atoms with E-state index in [0.29, 0.717) is 13.2 Å². The van der Waals surface area contributed by atoms with Crippen molar-refractivity contribution >= 4 is 5.91 Å². The van der Waals surface area contributed by atoms with Gasteiger partial charge in [0, 0.05) is 26.2 Å². The number of nitrogens with zero attached hydrogens (tertiary/aromatic N) is 2. The van der Waals surface area contributed by atoms with Crippen molar-refractivity contribution in [2.24, 2.45) is 0 Å². The number of amides is 1. The third kappa shape index (κ3) is 3.66. The molecule has 98 valence electrons. The quantitative estimate of drug-likeness (QED) is 0.768. The van der Waals surface area contributed by atoms with Gasteiger partial charge in [0.05, 0.1) is 19.3 Å². The summed E-state index contributed by atoms with van der Waals surface area (Å²) in [5, 5.41) is 2.19. The van der Waals surface area contributed by atoms with Crippen molar-refractivity contribution in [3.63, 3.8) is 0 Å². The minimum absolute atomic E-state index is 0.119. The lowest BCUT2D eigenvalue weighted by Crippen LogP contribution is -2.54. The zero-order chi connectivity index (χ0) is 12.1. The van der Waals surface area contributed by atoms with Gasteiger partial charge in [-0.25, -0.2) is 10.4 Å². The molecule has 2 aliphatic rings. The SMILES string of the molecule is CC(NN1CCCCC1)C(=O)N1CCOCC1. The Morgan fingerprint density at radius 1 is 1.12 bits per heavy atom. The Morgan fingerprint density at radius 3 is 2.41 bits per heavy atom. The first kappa shape index (κ1) is 12.8.